The summed E-state index contributed by atoms with van der Waals surface area (Å²) < 4.78 is 40.8. The third-order valence-corrected chi connectivity index (χ3v) is 11.3. The average molecular weight is 1070 g/mol. The number of ether oxygens (including phenoxy) is 6. The Bertz CT molecular complexity index is 3550. The SMILES string of the molecule is O=C(OC[C@@H]1O[C@H](Oc2c(-c3ccc(O)c(O)c3)oc3cc(O)cc(O)c3c2=O)[C@@H](OC(=O)c2cc(O)c(O)c(O)c2)[C@H](OC(=O)c2cc(O)c(O)c(O)c2)[C@H]1OC(=O)c1cc(O)c(O)c(O)c1)c1cc(O)c(O)c(O)c1. The molecule has 1 saturated heterocycles. The van der Waals surface area contributed by atoms with Crippen molar-refractivity contribution in [3.63, 3.8) is 0 Å². The Hall–Kier alpha value is -11.0. The molecule has 0 aliphatic carbocycles. The van der Waals surface area contributed by atoms with Crippen LogP contribution in [0.25, 0.3) is 22.3 Å². The minimum absolute atomic E-state index is 0.343. The number of phenols is 16. The first-order chi connectivity index (χ1) is 36.3. The first-order valence-electron chi connectivity index (χ1n) is 21.5. The molecule has 1 fully saturated rings. The van der Waals surface area contributed by atoms with Gasteiger partial charge in [-0.15, -0.1) is 0 Å². The molecule has 5 atom stereocenters. The molecule has 1 aliphatic rings. The van der Waals surface area contributed by atoms with Crippen LogP contribution in [0.15, 0.2) is 88.1 Å². The van der Waals surface area contributed by atoms with Gasteiger partial charge in [-0.05, 0) is 66.7 Å². The minimum Gasteiger partial charge on any atom is -0.508 e. The van der Waals surface area contributed by atoms with Crippen molar-refractivity contribution >= 4 is 34.8 Å². The van der Waals surface area contributed by atoms with Crippen LogP contribution >= 0.6 is 0 Å². The molecule has 7 aromatic rings. The minimum atomic E-state index is -2.62. The molecule has 0 radical (unpaired) electrons. The summed E-state index contributed by atoms with van der Waals surface area (Å²) in [5.74, 6) is -24.9. The molecular formula is C49H36O28. The topological polar surface area (TPSA) is 478 Å². The van der Waals surface area contributed by atoms with Gasteiger partial charge in [0.2, 0.25) is 23.6 Å². The van der Waals surface area contributed by atoms with E-state index >= 15 is 0 Å². The van der Waals surface area contributed by atoms with Gasteiger partial charge in [-0.1, -0.05) is 0 Å². The Labute approximate surface area is 425 Å². The molecule has 0 amide bonds. The zero-order chi connectivity index (χ0) is 56.1. The van der Waals surface area contributed by atoms with Gasteiger partial charge >= 0.3 is 23.9 Å². The number of esters is 4. The number of aromatic hydroxyl groups is 16. The van der Waals surface area contributed by atoms with Gasteiger partial charge in [0.15, 0.2) is 98.5 Å². The summed E-state index contributed by atoms with van der Waals surface area (Å²) in [6, 6.07) is 8.77. The standard InChI is InChI=1S/C49H36O28/c50-20-12-23(53)34-32(13-20)72-40(15-1-2-21(51)22(52)3-15)42(39(34)66)77-49-44(76-48(70)19-10-30(60)38(65)31(61)11-19)43(75-47(69)18-8-28(58)37(64)29(59)9-18)41(74-46(68)17-6-26(56)36(63)27(57)7-17)33(73-49)14-71-45(67)16-4-24(54)35(62)25(55)5-16/h1-13,33,41,43-44,49-65H,14H2/t33-,41-,43+,44-,49+/m0/s1. The Balaban J connectivity index is 1.36. The Kier molecular flexibility index (Phi) is 13.7. The van der Waals surface area contributed by atoms with Crippen LogP contribution in [0.1, 0.15) is 41.4 Å². The van der Waals surface area contributed by atoms with Gasteiger partial charge in [-0.2, -0.15) is 0 Å². The summed E-state index contributed by atoms with van der Waals surface area (Å²) in [6.45, 7) is -1.30. The third kappa shape index (κ3) is 10.2. The molecule has 0 saturated carbocycles. The lowest BCUT2D eigenvalue weighted by molar-refractivity contribution is -0.275. The van der Waals surface area contributed by atoms with Crippen molar-refractivity contribution in [3.8, 4) is 109 Å². The quantitative estimate of drug-likeness (QED) is 0.0473. The maximum atomic E-state index is 14.7. The summed E-state index contributed by atoms with van der Waals surface area (Å²) in [5, 5.41) is 164. The number of benzene rings is 6. The second kappa shape index (κ2) is 20.1. The highest BCUT2D eigenvalue weighted by Gasteiger charge is 2.55. The van der Waals surface area contributed by atoms with Gasteiger partial charge in [0.1, 0.15) is 35.2 Å². The Morgan fingerprint density at radius 2 is 0.857 bits per heavy atom. The van der Waals surface area contributed by atoms with Gasteiger partial charge in [-0.3, -0.25) is 4.79 Å². The van der Waals surface area contributed by atoms with E-state index in [1.165, 1.54) is 0 Å². The summed E-state index contributed by atoms with van der Waals surface area (Å²) in [7, 11) is 0. The summed E-state index contributed by atoms with van der Waals surface area (Å²) in [4.78, 5) is 70.9. The van der Waals surface area contributed by atoms with Gasteiger partial charge < -0.3 is 115 Å². The number of hydrogen-bond acceptors (Lipinski definition) is 28. The molecule has 28 nitrogen and oxygen atoms in total. The van der Waals surface area contributed by atoms with Gasteiger partial charge in [0.05, 0.1) is 22.3 Å². The normalized spacial score (nSPS) is 17.0. The van der Waals surface area contributed by atoms with E-state index in [9.17, 15) is 106 Å². The van der Waals surface area contributed by atoms with Crippen LogP contribution in [-0.4, -0.2) is 143 Å². The highest BCUT2D eigenvalue weighted by atomic mass is 16.7. The van der Waals surface area contributed by atoms with Crippen molar-refractivity contribution in [2.45, 2.75) is 30.7 Å². The summed E-state index contributed by atoms with van der Waals surface area (Å²) in [6.07, 6.45) is -12.6. The highest BCUT2D eigenvalue weighted by Crippen LogP contribution is 2.43. The van der Waals surface area contributed by atoms with Crippen LogP contribution in [-0.2, 0) is 23.7 Å². The number of fused-ring (bicyclic) bond motifs is 1. The zero-order valence-electron chi connectivity index (χ0n) is 38.2. The fourth-order valence-corrected chi connectivity index (χ4v) is 7.56. The fourth-order valence-electron chi connectivity index (χ4n) is 7.56. The Morgan fingerprint density at radius 3 is 1.30 bits per heavy atom. The average Bonchev–Trinajstić information content (AvgIpc) is 3.46. The lowest BCUT2D eigenvalue weighted by Crippen LogP contribution is -2.64. The van der Waals surface area contributed by atoms with E-state index in [0.29, 0.717) is 54.6 Å². The van der Waals surface area contributed by atoms with Crippen molar-refractivity contribution in [2.75, 3.05) is 6.61 Å². The molecule has 0 unspecified atom stereocenters. The van der Waals surface area contributed by atoms with Crippen LogP contribution in [0.2, 0.25) is 0 Å². The summed E-state index contributed by atoms with van der Waals surface area (Å²) in [5.41, 5.74) is -5.48. The van der Waals surface area contributed by atoms with Crippen LogP contribution in [0.3, 0.4) is 0 Å². The number of hydrogen-bond donors (Lipinski definition) is 16. The molecule has 6 aromatic carbocycles. The largest absolute Gasteiger partial charge is 0.508 e. The van der Waals surface area contributed by atoms with Gasteiger partial charge in [0, 0.05) is 17.7 Å². The maximum absolute atomic E-state index is 14.7. The van der Waals surface area contributed by atoms with Gasteiger partial charge in [-0.25, -0.2) is 19.2 Å². The molecule has 77 heavy (non-hydrogen) atoms. The van der Waals surface area contributed by atoms with E-state index in [0.717, 1.165) is 24.3 Å². The van der Waals surface area contributed by atoms with E-state index in [1.807, 2.05) is 0 Å². The molecule has 8 rings (SSSR count). The smallest absolute Gasteiger partial charge is 0.339 e. The molecule has 28 heteroatoms. The molecular weight excluding hydrogens is 1040 g/mol. The Morgan fingerprint density at radius 1 is 0.442 bits per heavy atom. The molecule has 1 aromatic heterocycles. The number of phenolic OH excluding ortho intramolecular Hbond substituents is 16. The third-order valence-electron chi connectivity index (χ3n) is 11.3. The lowest BCUT2D eigenvalue weighted by atomic mass is 9.97. The van der Waals surface area contributed by atoms with Crippen molar-refractivity contribution in [2.24, 2.45) is 0 Å². The van der Waals surface area contributed by atoms with Gasteiger partial charge in [0.25, 0.3) is 0 Å². The molecule has 0 bridgehead atoms. The first-order valence-corrected chi connectivity index (χ1v) is 21.5. The molecule has 400 valence electrons. The molecule has 0 spiro atoms. The number of carbonyl (C=O) groups is 4. The molecule has 16 N–H and O–H groups in total. The van der Waals surface area contributed by atoms with Crippen LogP contribution in [0.4, 0.5) is 0 Å². The van der Waals surface area contributed by atoms with Crippen molar-refractivity contribution < 1.29 is 134 Å². The second-order valence-electron chi connectivity index (χ2n) is 16.5. The maximum Gasteiger partial charge on any atom is 0.339 e. The second-order valence-corrected chi connectivity index (χ2v) is 16.5. The predicted octanol–water partition coefficient (Wildman–Crippen LogP) is 3.39. The number of rotatable bonds is 12. The number of carbonyl (C=O) groups excluding carboxylic acids is 4. The van der Waals surface area contributed by atoms with E-state index in [2.05, 4.69) is 0 Å². The van der Waals surface area contributed by atoms with E-state index < -0.39 is 203 Å². The van der Waals surface area contributed by atoms with Crippen molar-refractivity contribution in [1.82, 2.24) is 0 Å². The van der Waals surface area contributed by atoms with E-state index in [-0.39, 0.29) is 5.56 Å². The van der Waals surface area contributed by atoms with E-state index in [4.69, 9.17) is 32.8 Å². The van der Waals surface area contributed by atoms with E-state index in [1.54, 1.807) is 0 Å². The zero-order valence-corrected chi connectivity index (χ0v) is 38.2. The van der Waals surface area contributed by atoms with Crippen LogP contribution in [0.5, 0.6) is 97.7 Å². The predicted molar refractivity (Wildman–Crippen MR) is 248 cm³/mol. The first kappa shape index (κ1) is 52.3. The monoisotopic (exact) mass is 1070 g/mol. The fraction of sp³-hybridized carbons (Fsp3) is 0.122. The summed E-state index contributed by atoms with van der Waals surface area (Å²) >= 11 is 0. The molecule has 1 aliphatic heterocycles. The van der Waals surface area contributed by atoms with Crippen molar-refractivity contribution in [1.29, 1.82) is 0 Å². The van der Waals surface area contributed by atoms with Crippen LogP contribution < -0.4 is 10.2 Å². The highest BCUT2D eigenvalue weighted by molar-refractivity contribution is 5.94. The molecule has 2 heterocycles. The van der Waals surface area contributed by atoms with Crippen LogP contribution in [0, 0.1) is 0 Å². The lowest BCUT2D eigenvalue weighted by Gasteiger charge is -2.44. The van der Waals surface area contributed by atoms with Crippen molar-refractivity contribution in [3.05, 3.63) is 111 Å².